The summed E-state index contributed by atoms with van der Waals surface area (Å²) < 4.78 is 32.9. The summed E-state index contributed by atoms with van der Waals surface area (Å²) in [6, 6.07) is 5.02. The SMILES string of the molecule is CCOc1ccc(NS(=O)(=O)N(C)CCC(=O)O)c(C)c1. The quantitative estimate of drug-likeness (QED) is 0.757. The number of ether oxygens (including phenoxy) is 1. The number of carboxylic acid groups (broad SMARTS) is 1. The summed E-state index contributed by atoms with van der Waals surface area (Å²) in [6.45, 7) is 4.06. The third-order valence-electron chi connectivity index (χ3n) is 2.80. The van der Waals surface area contributed by atoms with Crippen LogP contribution < -0.4 is 9.46 Å². The smallest absolute Gasteiger partial charge is 0.304 e. The number of hydrogen-bond acceptors (Lipinski definition) is 4. The lowest BCUT2D eigenvalue weighted by molar-refractivity contribution is -0.137. The second-order valence-electron chi connectivity index (χ2n) is 4.48. The Labute approximate surface area is 124 Å². The summed E-state index contributed by atoms with van der Waals surface area (Å²) in [5.41, 5.74) is 1.15. The molecule has 8 heteroatoms. The second kappa shape index (κ2) is 7.28. The first kappa shape index (κ1) is 17.3. The Morgan fingerprint density at radius 2 is 2.10 bits per heavy atom. The molecule has 7 nitrogen and oxygen atoms in total. The second-order valence-corrected chi connectivity index (χ2v) is 6.26. The Balaban J connectivity index is 2.81. The van der Waals surface area contributed by atoms with Crippen LogP contribution in [0.4, 0.5) is 5.69 Å². The molecule has 0 bridgehead atoms. The van der Waals surface area contributed by atoms with Crippen LogP contribution in [0.2, 0.25) is 0 Å². The zero-order chi connectivity index (χ0) is 16.0. The monoisotopic (exact) mass is 316 g/mol. The Hall–Kier alpha value is -1.80. The lowest BCUT2D eigenvalue weighted by atomic mass is 10.2. The first-order valence-corrected chi connectivity index (χ1v) is 7.89. The molecule has 1 aromatic rings. The maximum Gasteiger partial charge on any atom is 0.304 e. The predicted molar refractivity (Wildman–Crippen MR) is 79.8 cm³/mol. The molecule has 0 heterocycles. The number of carbonyl (C=O) groups is 1. The number of rotatable bonds is 8. The van der Waals surface area contributed by atoms with E-state index in [9.17, 15) is 13.2 Å². The van der Waals surface area contributed by atoms with Crippen LogP contribution in [0, 0.1) is 6.92 Å². The van der Waals surface area contributed by atoms with E-state index in [4.69, 9.17) is 9.84 Å². The minimum Gasteiger partial charge on any atom is -0.494 e. The van der Waals surface area contributed by atoms with Crippen LogP contribution >= 0.6 is 0 Å². The highest BCUT2D eigenvalue weighted by Gasteiger charge is 2.19. The van der Waals surface area contributed by atoms with E-state index >= 15 is 0 Å². The van der Waals surface area contributed by atoms with Gasteiger partial charge in [-0.15, -0.1) is 0 Å². The summed E-state index contributed by atoms with van der Waals surface area (Å²) in [6.07, 6.45) is -0.250. The zero-order valence-corrected chi connectivity index (χ0v) is 13.1. The van der Waals surface area contributed by atoms with E-state index < -0.39 is 16.2 Å². The van der Waals surface area contributed by atoms with E-state index in [1.807, 2.05) is 6.92 Å². The van der Waals surface area contributed by atoms with Crippen molar-refractivity contribution < 1.29 is 23.1 Å². The fourth-order valence-electron chi connectivity index (χ4n) is 1.60. The van der Waals surface area contributed by atoms with Gasteiger partial charge in [-0.2, -0.15) is 12.7 Å². The standard InChI is InChI=1S/C13H20N2O5S/c1-4-20-11-5-6-12(10(2)9-11)14-21(18,19)15(3)8-7-13(16)17/h5-6,9,14H,4,7-8H2,1-3H3,(H,16,17). The van der Waals surface area contributed by atoms with Crippen molar-refractivity contribution in [2.45, 2.75) is 20.3 Å². The maximum atomic E-state index is 12.1. The summed E-state index contributed by atoms with van der Waals surface area (Å²) in [4.78, 5) is 10.5. The van der Waals surface area contributed by atoms with Gasteiger partial charge < -0.3 is 9.84 Å². The summed E-state index contributed by atoms with van der Waals surface area (Å²) in [7, 11) is -2.45. The maximum absolute atomic E-state index is 12.1. The summed E-state index contributed by atoms with van der Waals surface area (Å²) >= 11 is 0. The van der Waals surface area contributed by atoms with Gasteiger partial charge in [-0.1, -0.05) is 0 Å². The average molecular weight is 316 g/mol. The molecule has 1 aromatic carbocycles. The van der Waals surface area contributed by atoms with Crippen LogP contribution in [0.1, 0.15) is 18.9 Å². The summed E-state index contributed by atoms with van der Waals surface area (Å²) in [5.74, 6) is -0.383. The van der Waals surface area contributed by atoms with Crippen LogP contribution in [0.5, 0.6) is 5.75 Å². The largest absolute Gasteiger partial charge is 0.494 e. The van der Waals surface area contributed by atoms with E-state index in [-0.39, 0.29) is 13.0 Å². The van der Waals surface area contributed by atoms with Crippen molar-refractivity contribution >= 4 is 21.9 Å². The molecule has 0 fully saturated rings. The molecule has 0 aromatic heterocycles. The number of aryl methyl sites for hydroxylation is 1. The fourth-order valence-corrected chi connectivity index (χ4v) is 2.59. The molecule has 0 atom stereocenters. The van der Waals surface area contributed by atoms with Gasteiger partial charge in [-0.25, -0.2) is 0 Å². The van der Waals surface area contributed by atoms with Crippen LogP contribution in [-0.2, 0) is 15.0 Å². The molecule has 0 spiro atoms. The molecule has 0 saturated carbocycles. The first-order valence-electron chi connectivity index (χ1n) is 6.45. The molecule has 0 amide bonds. The van der Waals surface area contributed by atoms with Crippen molar-refractivity contribution in [3.8, 4) is 5.75 Å². The van der Waals surface area contributed by atoms with Crippen molar-refractivity contribution in [3.63, 3.8) is 0 Å². The van der Waals surface area contributed by atoms with Gasteiger partial charge in [0.1, 0.15) is 5.75 Å². The zero-order valence-electron chi connectivity index (χ0n) is 12.3. The minimum absolute atomic E-state index is 0.0965. The topological polar surface area (TPSA) is 95.9 Å². The molecule has 2 N–H and O–H groups in total. The van der Waals surface area contributed by atoms with Crippen molar-refractivity contribution in [1.82, 2.24) is 4.31 Å². The van der Waals surface area contributed by atoms with Gasteiger partial charge in [0.25, 0.3) is 0 Å². The number of nitrogens with one attached hydrogen (secondary N) is 1. The number of benzene rings is 1. The fraction of sp³-hybridized carbons (Fsp3) is 0.462. The highest BCUT2D eigenvalue weighted by atomic mass is 32.2. The molecule has 0 saturated heterocycles. The van der Waals surface area contributed by atoms with Crippen molar-refractivity contribution in [2.24, 2.45) is 0 Å². The minimum atomic E-state index is -3.78. The third kappa shape index (κ3) is 5.24. The van der Waals surface area contributed by atoms with Crippen molar-refractivity contribution in [3.05, 3.63) is 23.8 Å². The Morgan fingerprint density at radius 1 is 1.43 bits per heavy atom. The van der Waals surface area contributed by atoms with Crippen LogP contribution in [0.15, 0.2) is 18.2 Å². The van der Waals surface area contributed by atoms with Gasteiger partial charge >= 0.3 is 16.2 Å². The van der Waals surface area contributed by atoms with Gasteiger partial charge in [0.15, 0.2) is 0 Å². The molecule has 0 aliphatic carbocycles. The predicted octanol–water partition coefficient (Wildman–Crippen LogP) is 1.46. The molecule has 21 heavy (non-hydrogen) atoms. The van der Waals surface area contributed by atoms with E-state index in [1.165, 1.54) is 7.05 Å². The molecule has 0 unspecified atom stereocenters. The average Bonchev–Trinajstić information content (AvgIpc) is 2.39. The van der Waals surface area contributed by atoms with Gasteiger partial charge in [-0.05, 0) is 37.6 Å². The van der Waals surface area contributed by atoms with Crippen molar-refractivity contribution in [2.75, 3.05) is 24.9 Å². The highest BCUT2D eigenvalue weighted by Crippen LogP contribution is 2.22. The van der Waals surface area contributed by atoms with Gasteiger partial charge in [0.05, 0.1) is 18.7 Å². The molecule has 0 aliphatic heterocycles. The van der Waals surface area contributed by atoms with Crippen molar-refractivity contribution in [1.29, 1.82) is 0 Å². The molecular formula is C13H20N2O5S. The lowest BCUT2D eigenvalue weighted by Gasteiger charge is -2.18. The Morgan fingerprint density at radius 3 is 2.62 bits per heavy atom. The van der Waals surface area contributed by atoms with E-state index in [2.05, 4.69) is 4.72 Å². The normalized spacial score (nSPS) is 11.4. The summed E-state index contributed by atoms with van der Waals surface area (Å²) in [5, 5.41) is 8.59. The number of anilines is 1. The van der Waals surface area contributed by atoms with E-state index in [0.29, 0.717) is 18.0 Å². The van der Waals surface area contributed by atoms with E-state index in [1.54, 1.807) is 25.1 Å². The first-order chi connectivity index (χ1) is 9.76. The third-order valence-corrected chi connectivity index (χ3v) is 4.28. The van der Waals surface area contributed by atoms with E-state index in [0.717, 1.165) is 9.87 Å². The number of carboxylic acids is 1. The van der Waals surface area contributed by atoms with Gasteiger partial charge in [-0.3, -0.25) is 9.52 Å². The Kier molecular flexibility index (Phi) is 5.98. The Bertz CT molecular complexity index is 601. The van der Waals surface area contributed by atoms with Gasteiger partial charge in [0, 0.05) is 13.6 Å². The van der Waals surface area contributed by atoms with Crippen LogP contribution in [-0.4, -0.2) is 44.0 Å². The molecule has 0 aliphatic rings. The molecular weight excluding hydrogens is 296 g/mol. The molecule has 118 valence electrons. The number of nitrogens with zero attached hydrogens (tertiary/aromatic N) is 1. The lowest BCUT2D eigenvalue weighted by Crippen LogP contribution is -2.34. The number of aliphatic carboxylic acids is 1. The van der Waals surface area contributed by atoms with Crippen LogP contribution in [0.3, 0.4) is 0 Å². The molecule has 1 rings (SSSR count). The highest BCUT2D eigenvalue weighted by molar-refractivity contribution is 7.90. The van der Waals surface area contributed by atoms with Crippen LogP contribution in [0.25, 0.3) is 0 Å². The number of hydrogen-bond donors (Lipinski definition) is 2. The molecule has 0 radical (unpaired) electrons. The van der Waals surface area contributed by atoms with Gasteiger partial charge in [0.2, 0.25) is 0 Å².